The number of aliphatic hydroxyl groups excluding tert-OH is 1. The molecule has 1 heterocycles. The Morgan fingerprint density at radius 3 is 2.45 bits per heavy atom. The zero-order valence-corrected chi connectivity index (χ0v) is 20.0. The molecule has 1 aliphatic rings. The molecule has 7 heteroatoms. The largest absolute Gasteiger partial charge is 0.506 e. The molecule has 1 saturated carbocycles. The van der Waals surface area contributed by atoms with Crippen LogP contribution in [-0.4, -0.2) is 37.1 Å². The van der Waals surface area contributed by atoms with E-state index in [-0.39, 0.29) is 23.1 Å². The van der Waals surface area contributed by atoms with Crippen molar-refractivity contribution < 1.29 is 25.3 Å². The average molecular weight is 460 g/mol. The molecule has 0 saturated heterocycles. The first-order chi connectivity index (χ1) is 15.5. The molecule has 0 aromatic carbocycles. The number of pyridine rings is 1. The van der Waals surface area contributed by atoms with E-state index in [1.165, 1.54) is 6.08 Å². The van der Waals surface area contributed by atoms with E-state index in [0.29, 0.717) is 24.7 Å². The molecule has 1 aliphatic carbocycles. The smallest absolute Gasteiger partial charge is 0.297 e. The van der Waals surface area contributed by atoms with E-state index < -0.39 is 34.4 Å². The standard InChI is InChI=1S/C26H37NO6/c1-5-17(2)14-19(4)15-18(3)8-6-7-9-22(29)23-24(30)21(16-27(33)25(23)31)26(32)12-10-20(28)11-13-26/h6-9,15-17,19-20,28,30,32-33H,5,10-14H2,1-4H3/b8-6+,9-7+,18-15+. The van der Waals surface area contributed by atoms with Crippen LogP contribution in [0.1, 0.15) is 82.1 Å². The zero-order valence-electron chi connectivity index (χ0n) is 20.0. The third-order valence-electron chi connectivity index (χ3n) is 6.43. The molecule has 182 valence electrons. The van der Waals surface area contributed by atoms with E-state index in [9.17, 15) is 30.1 Å². The Bertz CT molecular complexity index is 979. The van der Waals surface area contributed by atoms with Crippen LogP contribution in [-0.2, 0) is 5.60 Å². The Labute approximate surface area is 195 Å². The quantitative estimate of drug-likeness (QED) is 0.190. The molecule has 2 atom stereocenters. The van der Waals surface area contributed by atoms with E-state index in [1.807, 2.05) is 13.0 Å². The summed E-state index contributed by atoms with van der Waals surface area (Å²) in [4.78, 5) is 25.0. The van der Waals surface area contributed by atoms with Gasteiger partial charge in [-0.05, 0) is 56.9 Å². The fourth-order valence-corrected chi connectivity index (χ4v) is 4.31. The molecule has 1 aromatic rings. The normalized spacial score (nSPS) is 23.8. The summed E-state index contributed by atoms with van der Waals surface area (Å²) in [7, 11) is 0. The topological polar surface area (TPSA) is 120 Å². The number of aliphatic hydroxyl groups is 2. The number of rotatable bonds is 9. The average Bonchev–Trinajstić information content (AvgIpc) is 2.75. The molecule has 0 amide bonds. The van der Waals surface area contributed by atoms with E-state index in [2.05, 4.69) is 26.8 Å². The van der Waals surface area contributed by atoms with Gasteiger partial charge in [0.25, 0.3) is 5.56 Å². The minimum atomic E-state index is -1.55. The molecule has 4 N–H and O–H groups in total. The lowest BCUT2D eigenvalue weighted by Gasteiger charge is -2.35. The summed E-state index contributed by atoms with van der Waals surface area (Å²) in [5.41, 5.74) is -2.27. The van der Waals surface area contributed by atoms with Crippen molar-refractivity contribution in [3.63, 3.8) is 0 Å². The number of aromatic nitrogens is 1. The first-order valence-corrected chi connectivity index (χ1v) is 11.6. The molecule has 0 spiro atoms. The van der Waals surface area contributed by atoms with Gasteiger partial charge in [-0.2, -0.15) is 4.73 Å². The maximum absolute atomic E-state index is 12.7. The van der Waals surface area contributed by atoms with Crippen LogP contribution in [0.3, 0.4) is 0 Å². The van der Waals surface area contributed by atoms with Gasteiger partial charge >= 0.3 is 0 Å². The van der Waals surface area contributed by atoms with Crippen molar-refractivity contribution in [1.29, 1.82) is 0 Å². The molecular formula is C26H37NO6. The van der Waals surface area contributed by atoms with Crippen LogP contribution >= 0.6 is 0 Å². The number of hydrogen-bond donors (Lipinski definition) is 4. The van der Waals surface area contributed by atoms with Crippen molar-refractivity contribution in [3.05, 3.63) is 63.6 Å². The maximum Gasteiger partial charge on any atom is 0.297 e. The maximum atomic E-state index is 12.7. The lowest BCUT2D eigenvalue weighted by molar-refractivity contribution is -0.0389. The Morgan fingerprint density at radius 1 is 1.24 bits per heavy atom. The van der Waals surface area contributed by atoms with Crippen LogP contribution in [0, 0.1) is 11.8 Å². The highest BCUT2D eigenvalue weighted by atomic mass is 16.5. The van der Waals surface area contributed by atoms with Crippen LogP contribution in [0.5, 0.6) is 5.75 Å². The molecule has 0 radical (unpaired) electrons. The van der Waals surface area contributed by atoms with Crippen LogP contribution in [0.15, 0.2) is 46.9 Å². The lowest BCUT2D eigenvalue weighted by Crippen LogP contribution is -2.36. The van der Waals surface area contributed by atoms with Gasteiger partial charge in [-0.25, -0.2) is 0 Å². The van der Waals surface area contributed by atoms with E-state index in [0.717, 1.165) is 30.7 Å². The predicted molar refractivity (Wildman–Crippen MR) is 128 cm³/mol. The van der Waals surface area contributed by atoms with E-state index in [4.69, 9.17) is 0 Å². The third-order valence-corrected chi connectivity index (χ3v) is 6.43. The van der Waals surface area contributed by atoms with Gasteiger partial charge in [0.15, 0.2) is 5.78 Å². The van der Waals surface area contributed by atoms with Crippen LogP contribution < -0.4 is 5.56 Å². The Kier molecular flexibility index (Phi) is 9.25. The third kappa shape index (κ3) is 6.92. The van der Waals surface area contributed by atoms with Gasteiger partial charge in [0.2, 0.25) is 0 Å². The van der Waals surface area contributed by atoms with Crippen molar-refractivity contribution in [2.45, 2.75) is 77.9 Å². The molecule has 33 heavy (non-hydrogen) atoms. The highest BCUT2D eigenvalue weighted by Crippen LogP contribution is 2.41. The number of aromatic hydroxyl groups is 1. The molecule has 1 fully saturated rings. The fourth-order valence-electron chi connectivity index (χ4n) is 4.31. The monoisotopic (exact) mass is 459 g/mol. The summed E-state index contributed by atoms with van der Waals surface area (Å²) in [6.45, 7) is 8.54. The van der Waals surface area contributed by atoms with Crippen molar-refractivity contribution in [1.82, 2.24) is 4.73 Å². The minimum absolute atomic E-state index is 0.0992. The second-order valence-electron chi connectivity index (χ2n) is 9.40. The first-order valence-electron chi connectivity index (χ1n) is 11.6. The van der Waals surface area contributed by atoms with Crippen molar-refractivity contribution in [2.75, 3.05) is 0 Å². The summed E-state index contributed by atoms with van der Waals surface area (Å²) in [6, 6.07) is 0. The Hall–Kier alpha value is -2.64. The number of carbonyl (C=O) groups is 1. The molecule has 2 unspecified atom stereocenters. The van der Waals surface area contributed by atoms with Crippen molar-refractivity contribution in [2.24, 2.45) is 11.8 Å². The van der Waals surface area contributed by atoms with Crippen molar-refractivity contribution in [3.8, 4) is 5.75 Å². The van der Waals surface area contributed by atoms with Crippen LogP contribution in [0.4, 0.5) is 0 Å². The SMILES string of the molecule is CCC(C)CC(C)/C=C(C)/C=C/C=C/C(=O)c1c(O)c(C2(O)CCC(O)CC2)cn(O)c1=O. The summed E-state index contributed by atoms with van der Waals surface area (Å²) >= 11 is 0. The van der Waals surface area contributed by atoms with Crippen molar-refractivity contribution >= 4 is 5.78 Å². The lowest BCUT2D eigenvalue weighted by atomic mass is 9.78. The summed E-state index contributed by atoms with van der Waals surface area (Å²) in [6.07, 6.45) is 11.8. The summed E-state index contributed by atoms with van der Waals surface area (Å²) in [5, 5.41) is 41.3. The van der Waals surface area contributed by atoms with Gasteiger partial charge < -0.3 is 20.5 Å². The van der Waals surface area contributed by atoms with E-state index >= 15 is 0 Å². The van der Waals surface area contributed by atoms with Gasteiger partial charge in [0.05, 0.1) is 17.9 Å². The molecule has 0 aliphatic heterocycles. The number of carbonyl (C=O) groups excluding carboxylic acids is 1. The van der Waals surface area contributed by atoms with E-state index in [1.54, 1.807) is 6.08 Å². The van der Waals surface area contributed by atoms with Gasteiger partial charge in [-0.15, -0.1) is 0 Å². The van der Waals surface area contributed by atoms with Gasteiger partial charge in [0.1, 0.15) is 11.3 Å². The number of ketones is 1. The van der Waals surface area contributed by atoms with Gasteiger partial charge in [-0.1, -0.05) is 57.1 Å². The predicted octanol–water partition coefficient (Wildman–Crippen LogP) is 4.23. The van der Waals surface area contributed by atoms with Gasteiger partial charge in [0, 0.05) is 5.56 Å². The summed E-state index contributed by atoms with van der Waals surface area (Å²) in [5.74, 6) is -0.332. The second-order valence-corrected chi connectivity index (χ2v) is 9.40. The highest BCUT2D eigenvalue weighted by molar-refractivity contribution is 6.06. The molecular weight excluding hydrogens is 422 g/mol. The second kappa shape index (κ2) is 11.5. The highest BCUT2D eigenvalue weighted by Gasteiger charge is 2.38. The molecule has 1 aromatic heterocycles. The minimum Gasteiger partial charge on any atom is -0.506 e. The number of hydrogen-bond acceptors (Lipinski definition) is 6. The molecule has 2 rings (SSSR count). The number of nitrogens with zero attached hydrogens (tertiary/aromatic N) is 1. The zero-order chi connectivity index (χ0) is 24.8. The van der Waals surface area contributed by atoms with Gasteiger partial charge in [-0.3, -0.25) is 9.59 Å². The Morgan fingerprint density at radius 2 is 1.85 bits per heavy atom. The molecule has 7 nitrogen and oxygen atoms in total. The Balaban J connectivity index is 2.21. The first kappa shape index (κ1) is 26.6. The fraction of sp³-hybridized carbons (Fsp3) is 0.538. The summed E-state index contributed by atoms with van der Waals surface area (Å²) < 4.78 is 0.209. The van der Waals surface area contributed by atoms with Crippen LogP contribution in [0.25, 0.3) is 0 Å². The number of allylic oxidation sites excluding steroid dienone is 6. The van der Waals surface area contributed by atoms with Crippen LogP contribution in [0.2, 0.25) is 0 Å². The molecule has 0 bridgehead atoms.